The molecule has 4 rings (SSSR count). The summed E-state index contributed by atoms with van der Waals surface area (Å²) in [6.45, 7) is 4.42. The maximum atomic E-state index is 12.8. The average molecular weight is 353 g/mol. The fourth-order valence-corrected chi connectivity index (χ4v) is 3.45. The minimum Gasteiger partial charge on any atom is -0.493 e. The van der Waals surface area contributed by atoms with Gasteiger partial charge in [-0.2, -0.15) is 0 Å². The van der Waals surface area contributed by atoms with Crippen molar-refractivity contribution in [1.82, 2.24) is 4.90 Å². The summed E-state index contributed by atoms with van der Waals surface area (Å²) < 4.78 is 16.6. The summed E-state index contributed by atoms with van der Waals surface area (Å²) in [7, 11) is 0. The van der Waals surface area contributed by atoms with Crippen LogP contribution in [0.15, 0.2) is 42.5 Å². The zero-order chi connectivity index (χ0) is 17.9. The van der Waals surface area contributed by atoms with E-state index in [-0.39, 0.29) is 12.7 Å². The molecule has 1 unspecified atom stereocenters. The molecule has 0 bridgehead atoms. The predicted molar refractivity (Wildman–Crippen MR) is 97.9 cm³/mol. The third-order valence-electron chi connectivity index (χ3n) is 4.93. The summed E-state index contributed by atoms with van der Waals surface area (Å²) in [5.74, 6) is 2.62. The highest BCUT2D eigenvalue weighted by atomic mass is 16.7. The molecule has 2 aliphatic rings. The van der Waals surface area contributed by atoms with Crippen LogP contribution in [0.25, 0.3) is 0 Å². The lowest BCUT2D eigenvalue weighted by molar-refractivity contribution is 0.0633. The molecule has 0 spiro atoms. The molecule has 0 radical (unpaired) electrons. The standard InChI is InChI=1S/C21H23NO4/c1-15-4-7-18(8-5-15)24-13-16-3-2-10-22(12-16)21(23)17-6-9-19-20(11-17)26-14-25-19/h4-9,11,16H,2-3,10,12-14H2,1H3. The van der Waals surface area contributed by atoms with E-state index in [4.69, 9.17) is 14.2 Å². The van der Waals surface area contributed by atoms with Gasteiger partial charge in [-0.25, -0.2) is 0 Å². The van der Waals surface area contributed by atoms with Crippen molar-refractivity contribution in [3.63, 3.8) is 0 Å². The Labute approximate surface area is 153 Å². The zero-order valence-electron chi connectivity index (χ0n) is 14.9. The fourth-order valence-electron chi connectivity index (χ4n) is 3.45. The maximum absolute atomic E-state index is 12.8. The number of ether oxygens (including phenoxy) is 3. The molecule has 136 valence electrons. The number of piperidine rings is 1. The summed E-state index contributed by atoms with van der Waals surface area (Å²) in [5, 5.41) is 0. The number of hydrogen-bond donors (Lipinski definition) is 0. The Balaban J connectivity index is 1.37. The Morgan fingerprint density at radius 2 is 1.96 bits per heavy atom. The van der Waals surface area contributed by atoms with Crippen LogP contribution in [0.2, 0.25) is 0 Å². The highest BCUT2D eigenvalue weighted by molar-refractivity contribution is 5.95. The van der Waals surface area contributed by atoms with E-state index in [2.05, 4.69) is 6.92 Å². The number of aryl methyl sites for hydroxylation is 1. The Morgan fingerprint density at radius 3 is 2.81 bits per heavy atom. The Kier molecular flexibility index (Phi) is 4.69. The smallest absolute Gasteiger partial charge is 0.254 e. The molecule has 2 aliphatic heterocycles. The number of hydrogen-bond acceptors (Lipinski definition) is 4. The number of carbonyl (C=O) groups excluding carboxylic acids is 1. The number of benzene rings is 2. The normalized spacial score (nSPS) is 18.7. The molecular formula is C21H23NO4. The number of rotatable bonds is 4. The van der Waals surface area contributed by atoms with Crippen LogP contribution in [0.4, 0.5) is 0 Å². The van der Waals surface area contributed by atoms with Crippen LogP contribution >= 0.6 is 0 Å². The SMILES string of the molecule is Cc1ccc(OCC2CCCN(C(=O)c3ccc4c(c3)OCO4)C2)cc1. The second kappa shape index (κ2) is 7.28. The van der Waals surface area contributed by atoms with Crippen LogP contribution in [0, 0.1) is 12.8 Å². The van der Waals surface area contributed by atoms with Crippen molar-refractivity contribution >= 4 is 5.91 Å². The molecule has 0 N–H and O–H groups in total. The molecule has 2 aromatic carbocycles. The summed E-state index contributed by atoms with van der Waals surface area (Å²) >= 11 is 0. The van der Waals surface area contributed by atoms with E-state index in [1.54, 1.807) is 12.1 Å². The molecule has 2 aromatic rings. The van der Waals surface area contributed by atoms with Crippen LogP contribution in [-0.4, -0.2) is 37.3 Å². The van der Waals surface area contributed by atoms with Gasteiger partial charge in [-0.15, -0.1) is 0 Å². The topological polar surface area (TPSA) is 48.0 Å². The van der Waals surface area contributed by atoms with Gasteiger partial charge in [-0.1, -0.05) is 17.7 Å². The first-order chi connectivity index (χ1) is 12.7. The van der Waals surface area contributed by atoms with Gasteiger partial charge in [-0.3, -0.25) is 4.79 Å². The van der Waals surface area contributed by atoms with Crippen LogP contribution in [0.3, 0.4) is 0 Å². The summed E-state index contributed by atoms with van der Waals surface area (Å²) in [6, 6.07) is 13.5. The fraction of sp³-hybridized carbons (Fsp3) is 0.381. The Bertz CT molecular complexity index is 787. The van der Waals surface area contributed by atoms with Gasteiger partial charge in [0.2, 0.25) is 6.79 Å². The molecule has 1 saturated heterocycles. The monoisotopic (exact) mass is 353 g/mol. The number of nitrogens with zero attached hydrogens (tertiary/aromatic N) is 1. The van der Waals surface area contributed by atoms with Gasteiger partial charge in [-0.05, 0) is 50.1 Å². The second-order valence-electron chi connectivity index (χ2n) is 6.95. The Morgan fingerprint density at radius 1 is 1.15 bits per heavy atom. The quantitative estimate of drug-likeness (QED) is 0.842. The predicted octanol–water partition coefficient (Wildman–Crippen LogP) is 3.65. The van der Waals surface area contributed by atoms with Crippen LogP contribution in [0.1, 0.15) is 28.8 Å². The van der Waals surface area contributed by atoms with Gasteiger partial charge >= 0.3 is 0 Å². The molecule has 0 aliphatic carbocycles. The van der Waals surface area contributed by atoms with Gasteiger partial charge in [0.15, 0.2) is 11.5 Å². The molecule has 2 heterocycles. The average Bonchev–Trinajstić information content (AvgIpc) is 3.15. The zero-order valence-corrected chi connectivity index (χ0v) is 14.9. The third-order valence-corrected chi connectivity index (χ3v) is 4.93. The van der Waals surface area contributed by atoms with E-state index in [0.717, 1.165) is 31.7 Å². The van der Waals surface area contributed by atoms with Crippen molar-refractivity contribution in [2.45, 2.75) is 19.8 Å². The minimum atomic E-state index is 0.0448. The summed E-state index contributed by atoms with van der Waals surface area (Å²) in [4.78, 5) is 14.8. The van der Waals surface area contributed by atoms with Crippen LogP contribution < -0.4 is 14.2 Å². The van der Waals surface area contributed by atoms with Crippen molar-refractivity contribution < 1.29 is 19.0 Å². The van der Waals surface area contributed by atoms with Gasteiger partial charge in [0.05, 0.1) is 6.61 Å². The summed E-state index contributed by atoms with van der Waals surface area (Å²) in [6.07, 6.45) is 2.08. The van der Waals surface area contributed by atoms with E-state index < -0.39 is 0 Å². The largest absolute Gasteiger partial charge is 0.493 e. The molecule has 26 heavy (non-hydrogen) atoms. The van der Waals surface area contributed by atoms with E-state index in [9.17, 15) is 4.79 Å². The van der Waals surface area contributed by atoms with Gasteiger partial charge in [0, 0.05) is 24.6 Å². The highest BCUT2D eigenvalue weighted by Crippen LogP contribution is 2.33. The molecule has 0 aromatic heterocycles. The van der Waals surface area contributed by atoms with E-state index >= 15 is 0 Å². The molecule has 5 nitrogen and oxygen atoms in total. The molecule has 0 saturated carbocycles. The third kappa shape index (κ3) is 3.62. The van der Waals surface area contributed by atoms with E-state index in [1.165, 1.54) is 5.56 Å². The number of fused-ring (bicyclic) bond motifs is 1. The molecule has 5 heteroatoms. The Hall–Kier alpha value is -2.69. The van der Waals surface area contributed by atoms with Crippen LogP contribution in [0.5, 0.6) is 17.2 Å². The van der Waals surface area contributed by atoms with E-state index in [1.807, 2.05) is 35.2 Å². The second-order valence-corrected chi connectivity index (χ2v) is 6.95. The van der Waals surface area contributed by atoms with Crippen molar-refractivity contribution in [3.05, 3.63) is 53.6 Å². The number of likely N-dealkylation sites (tertiary alicyclic amines) is 1. The maximum Gasteiger partial charge on any atom is 0.254 e. The number of carbonyl (C=O) groups is 1. The lowest BCUT2D eigenvalue weighted by Gasteiger charge is -2.32. The van der Waals surface area contributed by atoms with Crippen LogP contribution in [-0.2, 0) is 0 Å². The molecule has 1 amide bonds. The molecule has 1 fully saturated rings. The number of amides is 1. The first kappa shape index (κ1) is 16.8. The van der Waals surface area contributed by atoms with Crippen molar-refractivity contribution in [1.29, 1.82) is 0 Å². The molecule has 1 atom stereocenters. The van der Waals surface area contributed by atoms with Crippen molar-refractivity contribution in [2.24, 2.45) is 5.92 Å². The van der Waals surface area contributed by atoms with Crippen molar-refractivity contribution in [2.75, 3.05) is 26.5 Å². The van der Waals surface area contributed by atoms with Gasteiger partial charge in [0.25, 0.3) is 5.91 Å². The highest BCUT2D eigenvalue weighted by Gasteiger charge is 2.26. The summed E-state index contributed by atoms with van der Waals surface area (Å²) in [5.41, 5.74) is 1.87. The molecular weight excluding hydrogens is 330 g/mol. The lowest BCUT2D eigenvalue weighted by Crippen LogP contribution is -2.41. The first-order valence-corrected chi connectivity index (χ1v) is 9.07. The first-order valence-electron chi connectivity index (χ1n) is 9.07. The lowest BCUT2D eigenvalue weighted by atomic mass is 9.98. The van der Waals surface area contributed by atoms with Gasteiger partial charge < -0.3 is 19.1 Å². The minimum absolute atomic E-state index is 0.0448. The van der Waals surface area contributed by atoms with E-state index in [0.29, 0.717) is 29.6 Å². The van der Waals surface area contributed by atoms with Gasteiger partial charge in [0.1, 0.15) is 5.75 Å². The van der Waals surface area contributed by atoms with Crippen molar-refractivity contribution in [3.8, 4) is 17.2 Å².